The fraction of sp³-hybridized carbons (Fsp3) is 0.750. The van der Waals surface area contributed by atoms with Crippen LogP contribution in [0.4, 0.5) is 11.9 Å². The van der Waals surface area contributed by atoms with Crippen LogP contribution >= 0.6 is 0 Å². The molecule has 1 heterocycles. The highest BCUT2D eigenvalue weighted by Crippen LogP contribution is 2.27. The normalized spacial score (nSPS) is 22.3. The number of rotatable bonds is 6. The van der Waals surface area contributed by atoms with Gasteiger partial charge in [0.15, 0.2) is 0 Å². The van der Waals surface area contributed by atoms with E-state index in [1.165, 1.54) is 7.11 Å². The molecule has 0 aliphatic heterocycles. The van der Waals surface area contributed by atoms with Crippen LogP contribution < -0.4 is 15.4 Å². The van der Waals surface area contributed by atoms with Crippen molar-refractivity contribution in [2.75, 3.05) is 30.9 Å². The monoisotopic (exact) mass is 267 g/mol. The molecule has 0 amide bonds. The van der Waals surface area contributed by atoms with Crippen LogP contribution in [0.2, 0.25) is 0 Å². The van der Waals surface area contributed by atoms with E-state index in [2.05, 4.69) is 25.6 Å². The Morgan fingerprint density at radius 2 is 2.05 bits per heavy atom. The van der Waals surface area contributed by atoms with Crippen molar-refractivity contribution >= 4 is 11.9 Å². The summed E-state index contributed by atoms with van der Waals surface area (Å²) in [6.45, 7) is 2.90. The van der Waals surface area contributed by atoms with Gasteiger partial charge in [-0.15, -0.1) is 0 Å². The highest BCUT2D eigenvalue weighted by molar-refractivity contribution is 5.36. The lowest BCUT2D eigenvalue weighted by molar-refractivity contribution is 0.222. The standard InChI is InChI=1S/C12H21N5O2/c1-3-13-10-15-11(17-12(16-10)19-2)14-9-6-4-5-8(9)7-18/h8-9,18H,3-7H2,1-2H3,(H2,13,14,15,16,17). The predicted molar refractivity (Wildman–Crippen MR) is 72.4 cm³/mol. The lowest BCUT2D eigenvalue weighted by Gasteiger charge is -2.19. The fourth-order valence-electron chi connectivity index (χ4n) is 2.36. The third-order valence-corrected chi connectivity index (χ3v) is 3.34. The maximum atomic E-state index is 9.32. The smallest absolute Gasteiger partial charge is 0.322 e. The van der Waals surface area contributed by atoms with Gasteiger partial charge in [-0.3, -0.25) is 0 Å². The Morgan fingerprint density at radius 3 is 2.74 bits per heavy atom. The first-order valence-electron chi connectivity index (χ1n) is 6.68. The maximum absolute atomic E-state index is 9.32. The van der Waals surface area contributed by atoms with Crippen molar-refractivity contribution in [1.82, 2.24) is 15.0 Å². The van der Waals surface area contributed by atoms with E-state index in [1.807, 2.05) is 6.92 Å². The largest absolute Gasteiger partial charge is 0.467 e. The van der Waals surface area contributed by atoms with Gasteiger partial charge in [0.1, 0.15) is 0 Å². The average molecular weight is 267 g/mol. The van der Waals surface area contributed by atoms with Gasteiger partial charge in [-0.25, -0.2) is 0 Å². The molecular weight excluding hydrogens is 246 g/mol. The molecule has 0 bridgehead atoms. The van der Waals surface area contributed by atoms with Crippen LogP contribution in [0, 0.1) is 5.92 Å². The molecule has 2 unspecified atom stereocenters. The Morgan fingerprint density at radius 1 is 1.26 bits per heavy atom. The molecule has 1 aromatic heterocycles. The van der Waals surface area contributed by atoms with Crippen LogP contribution in [0.25, 0.3) is 0 Å². The summed E-state index contributed by atoms with van der Waals surface area (Å²) in [4.78, 5) is 12.6. The molecule has 19 heavy (non-hydrogen) atoms. The van der Waals surface area contributed by atoms with E-state index in [1.54, 1.807) is 0 Å². The Labute approximate surface area is 112 Å². The van der Waals surface area contributed by atoms with Gasteiger partial charge in [-0.1, -0.05) is 6.42 Å². The molecule has 0 radical (unpaired) electrons. The van der Waals surface area contributed by atoms with Gasteiger partial charge in [-0.05, 0) is 19.8 Å². The quantitative estimate of drug-likeness (QED) is 0.704. The van der Waals surface area contributed by atoms with E-state index >= 15 is 0 Å². The number of aliphatic hydroxyl groups excluding tert-OH is 1. The summed E-state index contributed by atoms with van der Waals surface area (Å²) < 4.78 is 5.07. The van der Waals surface area contributed by atoms with Gasteiger partial charge in [0.2, 0.25) is 11.9 Å². The zero-order chi connectivity index (χ0) is 13.7. The molecule has 106 valence electrons. The second-order valence-electron chi connectivity index (χ2n) is 4.62. The minimum Gasteiger partial charge on any atom is -0.467 e. The number of hydrogen-bond donors (Lipinski definition) is 3. The van der Waals surface area contributed by atoms with Crippen molar-refractivity contribution in [2.45, 2.75) is 32.2 Å². The minimum absolute atomic E-state index is 0.194. The summed E-state index contributed by atoms with van der Waals surface area (Å²) in [5.74, 6) is 1.26. The predicted octanol–water partition coefficient (Wildman–Crippen LogP) is 0.885. The van der Waals surface area contributed by atoms with E-state index in [0.717, 1.165) is 25.8 Å². The molecule has 1 aromatic rings. The first-order chi connectivity index (χ1) is 9.26. The topological polar surface area (TPSA) is 92.2 Å². The van der Waals surface area contributed by atoms with E-state index in [0.29, 0.717) is 11.9 Å². The third kappa shape index (κ3) is 3.44. The van der Waals surface area contributed by atoms with Gasteiger partial charge < -0.3 is 20.5 Å². The van der Waals surface area contributed by atoms with Gasteiger partial charge in [0.25, 0.3) is 0 Å². The Hall–Kier alpha value is -1.63. The molecule has 1 aliphatic carbocycles. The van der Waals surface area contributed by atoms with Crippen LogP contribution in [0.5, 0.6) is 6.01 Å². The molecule has 2 rings (SSSR count). The zero-order valence-electron chi connectivity index (χ0n) is 11.4. The molecule has 1 aliphatic rings. The Balaban J connectivity index is 2.12. The molecule has 0 saturated heterocycles. The SMILES string of the molecule is CCNc1nc(NC2CCCC2CO)nc(OC)n1. The number of nitrogens with one attached hydrogen (secondary N) is 2. The number of aromatic nitrogens is 3. The number of ether oxygens (including phenoxy) is 1. The van der Waals surface area contributed by atoms with Gasteiger partial charge >= 0.3 is 6.01 Å². The highest BCUT2D eigenvalue weighted by Gasteiger charge is 2.27. The minimum atomic E-state index is 0.194. The van der Waals surface area contributed by atoms with Crippen LogP contribution in [-0.4, -0.2) is 46.4 Å². The fourth-order valence-corrected chi connectivity index (χ4v) is 2.36. The lowest BCUT2D eigenvalue weighted by atomic mass is 10.1. The second kappa shape index (κ2) is 6.51. The molecule has 3 N–H and O–H groups in total. The molecule has 1 saturated carbocycles. The number of nitrogens with zero attached hydrogens (tertiary/aromatic N) is 3. The maximum Gasteiger partial charge on any atom is 0.322 e. The first-order valence-corrected chi connectivity index (χ1v) is 6.68. The molecule has 7 heteroatoms. The molecule has 0 aromatic carbocycles. The van der Waals surface area contributed by atoms with Gasteiger partial charge in [-0.2, -0.15) is 15.0 Å². The highest BCUT2D eigenvalue weighted by atomic mass is 16.5. The van der Waals surface area contributed by atoms with Crippen LogP contribution in [-0.2, 0) is 0 Å². The summed E-state index contributed by atoms with van der Waals surface area (Å²) in [6, 6.07) is 0.499. The van der Waals surface area contributed by atoms with E-state index < -0.39 is 0 Å². The number of anilines is 2. The summed E-state index contributed by atoms with van der Waals surface area (Å²) >= 11 is 0. The van der Waals surface area contributed by atoms with Gasteiger partial charge in [0, 0.05) is 25.1 Å². The van der Waals surface area contributed by atoms with Crippen molar-refractivity contribution in [3.8, 4) is 6.01 Å². The van der Waals surface area contributed by atoms with Crippen molar-refractivity contribution in [3.05, 3.63) is 0 Å². The van der Waals surface area contributed by atoms with Crippen molar-refractivity contribution < 1.29 is 9.84 Å². The van der Waals surface area contributed by atoms with Crippen molar-refractivity contribution in [1.29, 1.82) is 0 Å². The van der Waals surface area contributed by atoms with Crippen LogP contribution in [0.1, 0.15) is 26.2 Å². The summed E-state index contributed by atoms with van der Waals surface area (Å²) in [5.41, 5.74) is 0. The first kappa shape index (κ1) is 13.8. The van der Waals surface area contributed by atoms with Crippen LogP contribution in [0.3, 0.4) is 0 Å². The molecule has 7 nitrogen and oxygen atoms in total. The van der Waals surface area contributed by atoms with Gasteiger partial charge in [0.05, 0.1) is 7.11 Å². The zero-order valence-corrected chi connectivity index (χ0v) is 11.4. The lowest BCUT2D eigenvalue weighted by Crippen LogP contribution is -2.27. The number of aliphatic hydroxyl groups is 1. The summed E-state index contributed by atoms with van der Waals surface area (Å²) in [5, 5.41) is 15.6. The van der Waals surface area contributed by atoms with Crippen molar-refractivity contribution in [3.63, 3.8) is 0 Å². The second-order valence-corrected chi connectivity index (χ2v) is 4.62. The van der Waals surface area contributed by atoms with E-state index in [-0.39, 0.29) is 24.6 Å². The van der Waals surface area contributed by atoms with Crippen molar-refractivity contribution in [2.24, 2.45) is 5.92 Å². The molecule has 0 spiro atoms. The summed E-state index contributed by atoms with van der Waals surface area (Å²) in [6.07, 6.45) is 3.18. The molecule has 1 fully saturated rings. The van der Waals surface area contributed by atoms with Crippen LogP contribution in [0.15, 0.2) is 0 Å². The Bertz CT molecular complexity index is 415. The Kier molecular flexibility index (Phi) is 4.73. The number of methoxy groups -OCH3 is 1. The summed E-state index contributed by atoms with van der Waals surface area (Å²) in [7, 11) is 1.53. The van der Waals surface area contributed by atoms with E-state index in [9.17, 15) is 5.11 Å². The van der Waals surface area contributed by atoms with E-state index in [4.69, 9.17) is 4.74 Å². The molecule has 2 atom stereocenters. The third-order valence-electron chi connectivity index (χ3n) is 3.34. The average Bonchev–Trinajstić information content (AvgIpc) is 2.86. The molecular formula is C12H21N5O2. The number of hydrogen-bond acceptors (Lipinski definition) is 7.